The van der Waals surface area contributed by atoms with Crippen LogP contribution in [0.3, 0.4) is 0 Å². The molecule has 1 aromatic heterocycles. The van der Waals surface area contributed by atoms with Crippen LogP contribution in [-0.4, -0.2) is 36.8 Å². The fourth-order valence-corrected chi connectivity index (χ4v) is 4.38. The second kappa shape index (κ2) is 8.45. The number of aryl methyl sites for hydroxylation is 1. The number of aromatic nitrogens is 2. The topological polar surface area (TPSA) is 104 Å². The number of sulfonamides is 1. The number of benzene rings is 1. The minimum Gasteiger partial charge on any atom is -0.711 e. The Morgan fingerprint density at radius 2 is 1.93 bits per heavy atom. The third kappa shape index (κ3) is 4.81. The van der Waals surface area contributed by atoms with Crippen molar-refractivity contribution in [3.8, 4) is 0 Å². The van der Waals surface area contributed by atoms with E-state index in [4.69, 9.17) is 4.74 Å². The van der Waals surface area contributed by atoms with E-state index < -0.39 is 16.0 Å². The predicted octanol–water partition coefficient (Wildman–Crippen LogP) is 1.18. The number of carbonyl (C=O) groups excluding carboxylic acids is 1. The molecule has 1 aliphatic rings. The molecule has 0 bridgehead atoms. The number of nitrogens with zero attached hydrogens (tertiary/aromatic N) is 3. The van der Waals surface area contributed by atoms with E-state index in [2.05, 4.69) is 4.98 Å². The van der Waals surface area contributed by atoms with Crippen molar-refractivity contribution >= 4 is 16.0 Å². The van der Waals surface area contributed by atoms with Gasteiger partial charge in [-0.05, 0) is 41.9 Å². The molecular formula is C18H21N3O5S. The molecule has 27 heavy (non-hydrogen) atoms. The Kier molecular flexibility index (Phi) is 6.02. The first-order chi connectivity index (χ1) is 13.0. The van der Waals surface area contributed by atoms with Gasteiger partial charge in [0, 0.05) is 25.6 Å². The SMILES string of the molecule is O=C(CCc1ccc(S(=O)(=O)N2CCCC2)cc1)OCc1nccc[n+]1[O-]. The molecule has 1 fully saturated rings. The molecule has 0 atom stereocenters. The molecule has 144 valence electrons. The summed E-state index contributed by atoms with van der Waals surface area (Å²) in [6.07, 6.45) is 5.07. The summed E-state index contributed by atoms with van der Waals surface area (Å²) in [6.45, 7) is 0.946. The number of esters is 1. The van der Waals surface area contributed by atoms with Crippen LogP contribution in [0.2, 0.25) is 0 Å². The Morgan fingerprint density at radius 1 is 1.22 bits per heavy atom. The van der Waals surface area contributed by atoms with Gasteiger partial charge in [-0.1, -0.05) is 12.1 Å². The molecule has 3 rings (SSSR count). The molecule has 0 radical (unpaired) electrons. The van der Waals surface area contributed by atoms with Crippen LogP contribution in [0.25, 0.3) is 0 Å². The molecule has 8 nitrogen and oxygen atoms in total. The monoisotopic (exact) mass is 391 g/mol. The first-order valence-corrected chi connectivity index (χ1v) is 10.2. The van der Waals surface area contributed by atoms with Gasteiger partial charge in [-0.3, -0.25) is 4.79 Å². The predicted molar refractivity (Wildman–Crippen MR) is 95.7 cm³/mol. The minimum atomic E-state index is -3.43. The maximum atomic E-state index is 12.5. The highest BCUT2D eigenvalue weighted by Gasteiger charge is 2.26. The Morgan fingerprint density at radius 3 is 2.59 bits per heavy atom. The number of hydrogen-bond acceptors (Lipinski definition) is 6. The van der Waals surface area contributed by atoms with E-state index in [0.29, 0.717) is 24.2 Å². The zero-order valence-corrected chi connectivity index (χ0v) is 15.6. The van der Waals surface area contributed by atoms with Crippen molar-refractivity contribution in [3.05, 3.63) is 59.3 Å². The second-order valence-electron chi connectivity index (χ2n) is 6.28. The molecule has 1 aliphatic heterocycles. The summed E-state index contributed by atoms with van der Waals surface area (Å²) < 4.78 is 32.1. The molecule has 0 N–H and O–H groups in total. The Labute approximate surface area is 158 Å². The van der Waals surface area contributed by atoms with Gasteiger partial charge in [0.1, 0.15) is 6.20 Å². The molecule has 0 aliphatic carbocycles. The summed E-state index contributed by atoms with van der Waals surface area (Å²) in [5.74, 6) is -0.336. The van der Waals surface area contributed by atoms with Gasteiger partial charge in [0.05, 0.1) is 11.1 Å². The van der Waals surface area contributed by atoms with E-state index in [0.717, 1.165) is 18.4 Å². The highest BCUT2D eigenvalue weighted by Crippen LogP contribution is 2.21. The Hall–Kier alpha value is -2.52. The second-order valence-corrected chi connectivity index (χ2v) is 8.22. The molecule has 9 heteroatoms. The van der Waals surface area contributed by atoms with Crippen LogP contribution in [0.5, 0.6) is 0 Å². The van der Waals surface area contributed by atoms with Crippen LogP contribution in [0.4, 0.5) is 0 Å². The van der Waals surface area contributed by atoms with Gasteiger partial charge in [0.15, 0.2) is 6.61 Å². The Balaban J connectivity index is 1.51. The number of carbonyl (C=O) groups is 1. The molecule has 2 heterocycles. The zero-order valence-electron chi connectivity index (χ0n) is 14.8. The van der Waals surface area contributed by atoms with E-state index in [9.17, 15) is 18.4 Å². The summed E-state index contributed by atoms with van der Waals surface area (Å²) in [7, 11) is -3.43. The van der Waals surface area contributed by atoms with Crippen molar-refractivity contribution in [3.63, 3.8) is 0 Å². The standard InChI is InChI=1S/C18H21N3O5S/c22-18(26-14-17-19-10-3-13-21(17)23)9-6-15-4-7-16(8-5-15)27(24,25)20-11-1-2-12-20/h3-5,7-8,10,13H,1-2,6,9,11-12,14H2. The lowest BCUT2D eigenvalue weighted by atomic mass is 10.1. The van der Waals surface area contributed by atoms with Crippen LogP contribution >= 0.6 is 0 Å². The van der Waals surface area contributed by atoms with E-state index in [-0.39, 0.29) is 23.7 Å². The molecule has 0 saturated carbocycles. The number of ether oxygens (including phenoxy) is 1. The molecule has 2 aromatic rings. The van der Waals surface area contributed by atoms with Gasteiger partial charge in [-0.2, -0.15) is 4.31 Å². The average molecular weight is 391 g/mol. The first-order valence-electron chi connectivity index (χ1n) is 8.74. The Bertz CT molecular complexity index is 893. The first kappa shape index (κ1) is 19.2. The van der Waals surface area contributed by atoms with Crippen LogP contribution in [-0.2, 0) is 32.6 Å². The lowest BCUT2D eigenvalue weighted by Crippen LogP contribution is -2.33. The molecular weight excluding hydrogens is 370 g/mol. The zero-order chi connectivity index (χ0) is 19.3. The van der Waals surface area contributed by atoms with E-state index in [1.165, 1.54) is 22.8 Å². The maximum Gasteiger partial charge on any atom is 0.339 e. The van der Waals surface area contributed by atoms with Crippen LogP contribution < -0.4 is 4.73 Å². The summed E-state index contributed by atoms with van der Waals surface area (Å²) in [4.78, 5) is 16.0. The smallest absolute Gasteiger partial charge is 0.339 e. The van der Waals surface area contributed by atoms with Crippen molar-refractivity contribution in [2.75, 3.05) is 13.1 Å². The lowest BCUT2D eigenvalue weighted by molar-refractivity contribution is -0.620. The highest BCUT2D eigenvalue weighted by molar-refractivity contribution is 7.89. The van der Waals surface area contributed by atoms with Gasteiger partial charge in [0.2, 0.25) is 10.0 Å². The van der Waals surface area contributed by atoms with Gasteiger partial charge < -0.3 is 9.94 Å². The fourth-order valence-electron chi connectivity index (χ4n) is 2.86. The van der Waals surface area contributed by atoms with Crippen molar-refractivity contribution in [2.24, 2.45) is 0 Å². The van der Waals surface area contributed by atoms with E-state index >= 15 is 0 Å². The summed E-state index contributed by atoms with van der Waals surface area (Å²) in [5.41, 5.74) is 0.837. The normalized spacial score (nSPS) is 15.0. The van der Waals surface area contributed by atoms with Crippen molar-refractivity contribution in [1.82, 2.24) is 9.29 Å². The van der Waals surface area contributed by atoms with E-state index in [1.54, 1.807) is 24.3 Å². The third-order valence-corrected chi connectivity index (χ3v) is 6.30. The van der Waals surface area contributed by atoms with Crippen LogP contribution in [0.1, 0.15) is 30.7 Å². The molecule has 1 aromatic carbocycles. The van der Waals surface area contributed by atoms with Crippen molar-refractivity contribution in [1.29, 1.82) is 0 Å². The van der Waals surface area contributed by atoms with Gasteiger partial charge in [-0.25, -0.2) is 13.1 Å². The van der Waals surface area contributed by atoms with Gasteiger partial charge >= 0.3 is 11.8 Å². The third-order valence-electron chi connectivity index (χ3n) is 4.39. The van der Waals surface area contributed by atoms with Crippen molar-refractivity contribution in [2.45, 2.75) is 37.2 Å². The van der Waals surface area contributed by atoms with Crippen LogP contribution in [0.15, 0.2) is 47.6 Å². The summed E-state index contributed by atoms with van der Waals surface area (Å²) in [5, 5.41) is 11.4. The summed E-state index contributed by atoms with van der Waals surface area (Å²) in [6, 6.07) is 8.05. The quantitative estimate of drug-likeness (QED) is 0.399. The van der Waals surface area contributed by atoms with Gasteiger partial charge in [-0.15, -0.1) is 0 Å². The molecule has 0 spiro atoms. The lowest BCUT2D eigenvalue weighted by Gasteiger charge is -2.15. The van der Waals surface area contributed by atoms with Crippen molar-refractivity contribution < 1.29 is 22.7 Å². The minimum absolute atomic E-state index is 0.113. The largest absolute Gasteiger partial charge is 0.711 e. The molecule has 0 unspecified atom stereocenters. The number of hydrogen-bond donors (Lipinski definition) is 0. The fraction of sp³-hybridized carbons (Fsp3) is 0.389. The van der Waals surface area contributed by atoms with Gasteiger partial charge in [0.25, 0.3) is 0 Å². The molecule has 1 saturated heterocycles. The molecule has 0 amide bonds. The summed E-state index contributed by atoms with van der Waals surface area (Å²) >= 11 is 0. The average Bonchev–Trinajstić information content (AvgIpc) is 3.22. The van der Waals surface area contributed by atoms with Crippen LogP contribution in [0, 0.1) is 5.21 Å². The maximum absolute atomic E-state index is 12.5. The number of rotatable bonds is 7. The highest BCUT2D eigenvalue weighted by atomic mass is 32.2. The van der Waals surface area contributed by atoms with E-state index in [1.807, 2.05) is 0 Å².